The van der Waals surface area contributed by atoms with E-state index in [2.05, 4.69) is 4.90 Å². The predicted octanol–water partition coefficient (Wildman–Crippen LogP) is 4.20. The van der Waals surface area contributed by atoms with Crippen LogP contribution in [-0.4, -0.2) is 13.1 Å². The van der Waals surface area contributed by atoms with Crippen molar-refractivity contribution >= 4 is 5.69 Å². The maximum Gasteiger partial charge on any atom is 0.417 e. The van der Waals surface area contributed by atoms with E-state index in [-0.39, 0.29) is 5.56 Å². The summed E-state index contributed by atoms with van der Waals surface area (Å²) in [5.74, 6) is 1.33. The van der Waals surface area contributed by atoms with Crippen LogP contribution in [0.4, 0.5) is 18.9 Å². The molecule has 0 unspecified atom stereocenters. The fraction of sp³-hybridized carbons (Fsp3) is 0.562. The maximum absolute atomic E-state index is 12.8. The van der Waals surface area contributed by atoms with E-state index in [9.17, 15) is 13.2 Å². The Balaban J connectivity index is 1.86. The summed E-state index contributed by atoms with van der Waals surface area (Å²) in [6.45, 7) is 1.79. The lowest BCUT2D eigenvalue weighted by atomic mass is 10.1. The molecule has 5 heteroatoms. The van der Waals surface area contributed by atoms with Gasteiger partial charge >= 0.3 is 6.18 Å². The zero-order valence-electron chi connectivity index (χ0n) is 11.7. The molecule has 0 aromatic heterocycles. The fourth-order valence-corrected chi connectivity index (χ4v) is 2.58. The molecule has 3 rings (SSSR count). The Morgan fingerprint density at radius 3 is 2.10 bits per heavy atom. The number of alkyl halides is 3. The lowest BCUT2D eigenvalue weighted by Crippen LogP contribution is -2.28. The minimum Gasteiger partial charge on any atom is -0.371 e. The second-order valence-electron chi connectivity index (χ2n) is 6.13. The van der Waals surface area contributed by atoms with Crippen molar-refractivity contribution in [3.63, 3.8) is 0 Å². The Bertz CT molecular complexity index is 552. The molecule has 1 aromatic carbocycles. The Hall–Kier alpha value is -1.70. The smallest absolute Gasteiger partial charge is 0.371 e. The van der Waals surface area contributed by atoms with Gasteiger partial charge in [-0.2, -0.15) is 18.4 Å². The monoisotopic (exact) mass is 294 g/mol. The van der Waals surface area contributed by atoms with Crippen LogP contribution in [0.15, 0.2) is 18.2 Å². The lowest BCUT2D eigenvalue weighted by Gasteiger charge is -2.25. The van der Waals surface area contributed by atoms with Crippen molar-refractivity contribution in [1.29, 1.82) is 5.26 Å². The third-order valence-corrected chi connectivity index (χ3v) is 4.15. The Morgan fingerprint density at radius 2 is 1.67 bits per heavy atom. The van der Waals surface area contributed by atoms with Gasteiger partial charge in [0.2, 0.25) is 0 Å². The highest BCUT2D eigenvalue weighted by Gasteiger charge is 2.34. The number of hydrogen-bond donors (Lipinski definition) is 0. The van der Waals surface area contributed by atoms with Crippen LogP contribution in [0.5, 0.6) is 0 Å². The largest absolute Gasteiger partial charge is 0.417 e. The summed E-state index contributed by atoms with van der Waals surface area (Å²) in [5, 5.41) is 9.01. The van der Waals surface area contributed by atoms with Crippen molar-refractivity contribution in [2.75, 3.05) is 18.0 Å². The van der Waals surface area contributed by atoms with Gasteiger partial charge in [0.05, 0.1) is 17.2 Å². The topological polar surface area (TPSA) is 27.0 Å². The number of rotatable bonds is 5. The summed E-state index contributed by atoms with van der Waals surface area (Å²) in [4.78, 5) is 2.16. The molecule has 0 bridgehead atoms. The summed E-state index contributed by atoms with van der Waals surface area (Å²) in [6, 6.07) is 5.64. The van der Waals surface area contributed by atoms with E-state index in [0.29, 0.717) is 11.8 Å². The van der Waals surface area contributed by atoms with E-state index in [4.69, 9.17) is 5.26 Å². The van der Waals surface area contributed by atoms with Crippen LogP contribution in [0.3, 0.4) is 0 Å². The van der Waals surface area contributed by atoms with Gasteiger partial charge < -0.3 is 4.90 Å². The molecule has 0 amide bonds. The van der Waals surface area contributed by atoms with Crippen LogP contribution in [0.2, 0.25) is 0 Å². The highest BCUT2D eigenvalue weighted by atomic mass is 19.4. The van der Waals surface area contributed by atoms with Gasteiger partial charge in [-0.25, -0.2) is 0 Å². The van der Waals surface area contributed by atoms with Crippen LogP contribution in [0.1, 0.15) is 36.8 Å². The molecule has 0 aliphatic heterocycles. The first kappa shape index (κ1) is 14.2. The second-order valence-corrected chi connectivity index (χ2v) is 6.13. The van der Waals surface area contributed by atoms with Gasteiger partial charge in [0.1, 0.15) is 0 Å². The summed E-state index contributed by atoms with van der Waals surface area (Å²) >= 11 is 0. The molecular weight excluding hydrogens is 277 g/mol. The molecule has 2 saturated carbocycles. The molecule has 0 heterocycles. The quantitative estimate of drug-likeness (QED) is 0.813. The molecule has 0 saturated heterocycles. The highest BCUT2D eigenvalue weighted by Crippen LogP contribution is 2.38. The number of nitriles is 1. The van der Waals surface area contributed by atoms with Gasteiger partial charge in [0.15, 0.2) is 0 Å². The van der Waals surface area contributed by atoms with Gasteiger partial charge in [0, 0.05) is 18.8 Å². The molecule has 1 aromatic rings. The highest BCUT2D eigenvalue weighted by molar-refractivity contribution is 5.55. The molecule has 0 radical (unpaired) electrons. The third-order valence-electron chi connectivity index (χ3n) is 4.15. The van der Waals surface area contributed by atoms with E-state index in [1.807, 2.05) is 0 Å². The van der Waals surface area contributed by atoms with Gasteiger partial charge in [-0.05, 0) is 55.7 Å². The minimum atomic E-state index is -4.47. The molecule has 0 N–H and O–H groups in total. The van der Waals surface area contributed by atoms with Gasteiger partial charge in [-0.1, -0.05) is 0 Å². The molecular formula is C16H17F3N2. The normalized spacial score (nSPS) is 18.4. The van der Waals surface area contributed by atoms with Gasteiger partial charge in [0.25, 0.3) is 0 Å². The first-order valence-electron chi connectivity index (χ1n) is 7.33. The number of hydrogen-bond acceptors (Lipinski definition) is 2. The van der Waals surface area contributed by atoms with Gasteiger partial charge in [-0.3, -0.25) is 0 Å². The summed E-state index contributed by atoms with van der Waals surface area (Å²) in [7, 11) is 0. The minimum absolute atomic E-state index is 0.281. The standard InChI is InChI=1S/C16H17F3N2/c17-16(18,19)15-6-5-14(7-13(15)8-20)21(9-11-1-2-11)10-12-3-4-12/h5-7,11-12H,1-4,9-10H2. The van der Waals surface area contributed by atoms with E-state index >= 15 is 0 Å². The van der Waals surface area contributed by atoms with E-state index in [1.54, 1.807) is 6.07 Å². The Morgan fingerprint density at radius 1 is 1.10 bits per heavy atom. The number of benzene rings is 1. The van der Waals surface area contributed by atoms with Crippen LogP contribution in [0.25, 0.3) is 0 Å². The van der Waals surface area contributed by atoms with Crippen molar-refractivity contribution in [3.05, 3.63) is 29.3 Å². The predicted molar refractivity (Wildman–Crippen MR) is 73.8 cm³/mol. The molecule has 0 spiro atoms. The molecule has 2 fully saturated rings. The molecule has 0 atom stereocenters. The molecule has 21 heavy (non-hydrogen) atoms. The summed E-state index contributed by atoms with van der Waals surface area (Å²) in [5.41, 5.74) is -0.374. The van der Waals surface area contributed by atoms with E-state index in [0.717, 1.165) is 24.8 Å². The molecule has 2 nitrogen and oxygen atoms in total. The van der Waals surface area contributed by atoms with Crippen LogP contribution in [0, 0.1) is 23.2 Å². The Kier molecular flexibility index (Phi) is 3.56. The third kappa shape index (κ3) is 3.49. The summed E-state index contributed by atoms with van der Waals surface area (Å²) < 4.78 is 38.5. The van der Waals surface area contributed by atoms with Crippen molar-refractivity contribution in [1.82, 2.24) is 0 Å². The van der Waals surface area contributed by atoms with Crippen LogP contribution >= 0.6 is 0 Å². The zero-order valence-corrected chi connectivity index (χ0v) is 11.7. The molecule has 112 valence electrons. The van der Waals surface area contributed by atoms with E-state index < -0.39 is 11.7 Å². The van der Waals surface area contributed by atoms with Crippen LogP contribution in [-0.2, 0) is 6.18 Å². The lowest BCUT2D eigenvalue weighted by molar-refractivity contribution is -0.137. The van der Waals surface area contributed by atoms with Crippen molar-refractivity contribution in [2.45, 2.75) is 31.9 Å². The number of nitrogens with zero attached hydrogens (tertiary/aromatic N) is 2. The fourth-order valence-electron chi connectivity index (χ4n) is 2.58. The van der Waals surface area contributed by atoms with Crippen molar-refractivity contribution < 1.29 is 13.2 Å². The van der Waals surface area contributed by atoms with Crippen molar-refractivity contribution in [2.24, 2.45) is 11.8 Å². The van der Waals surface area contributed by atoms with Crippen molar-refractivity contribution in [3.8, 4) is 6.07 Å². The number of anilines is 1. The van der Waals surface area contributed by atoms with E-state index in [1.165, 1.54) is 37.8 Å². The molecule has 2 aliphatic rings. The summed E-state index contributed by atoms with van der Waals surface area (Å²) in [6.07, 6.45) is 0.334. The Labute approximate surface area is 122 Å². The van der Waals surface area contributed by atoms with Gasteiger partial charge in [-0.15, -0.1) is 0 Å². The first-order chi connectivity index (χ1) is 9.97. The first-order valence-corrected chi connectivity index (χ1v) is 7.33. The maximum atomic E-state index is 12.8. The average molecular weight is 294 g/mol. The second kappa shape index (κ2) is 5.25. The SMILES string of the molecule is N#Cc1cc(N(CC2CC2)CC2CC2)ccc1C(F)(F)F. The number of halogens is 3. The average Bonchev–Trinajstić information content (AvgIpc) is 3.31. The molecule has 2 aliphatic carbocycles. The van der Waals surface area contributed by atoms with Crippen LogP contribution < -0.4 is 4.90 Å². The zero-order chi connectivity index (χ0) is 15.0.